The minimum absolute atomic E-state index is 0.748. The summed E-state index contributed by atoms with van der Waals surface area (Å²) < 4.78 is 5.18. The van der Waals surface area contributed by atoms with Crippen LogP contribution in [0.5, 0.6) is 5.75 Å². The highest BCUT2D eigenvalue weighted by molar-refractivity contribution is 7.13. The summed E-state index contributed by atoms with van der Waals surface area (Å²) in [5, 5.41) is 2.91. The van der Waals surface area contributed by atoms with E-state index in [9.17, 15) is 0 Å². The lowest BCUT2D eigenvalue weighted by Crippen LogP contribution is -1.86. The Morgan fingerprint density at radius 2 is 2.46 bits per heavy atom. The van der Waals surface area contributed by atoms with Gasteiger partial charge in [0, 0.05) is 17.6 Å². The molecule has 0 atom stereocenters. The minimum atomic E-state index is 0.748. The second kappa shape index (κ2) is 3.58. The number of thiazole rings is 1. The van der Waals surface area contributed by atoms with Crippen LogP contribution < -0.4 is 4.74 Å². The monoisotopic (exact) mass is 190 g/mol. The first kappa shape index (κ1) is 8.26. The predicted molar refractivity (Wildman–Crippen MR) is 52.9 cm³/mol. The van der Waals surface area contributed by atoms with Gasteiger partial charge in [0.2, 0.25) is 0 Å². The Bertz CT molecular complexity index is 384. The third-order valence-electron chi connectivity index (χ3n) is 1.69. The van der Waals surface area contributed by atoms with Crippen molar-refractivity contribution in [1.82, 2.24) is 4.98 Å². The number of ether oxygens (including phenoxy) is 1. The van der Waals surface area contributed by atoms with Crippen LogP contribution in [0.15, 0.2) is 29.8 Å². The molecule has 0 fully saturated rings. The number of benzene rings is 1. The van der Waals surface area contributed by atoms with Crippen LogP contribution in [-0.2, 0) is 0 Å². The molecule has 1 heterocycles. The Balaban J connectivity index is 2.51. The van der Waals surface area contributed by atoms with Gasteiger partial charge in [0.05, 0.1) is 12.7 Å². The van der Waals surface area contributed by atoms with Gasteiger partial charge < -0.3 is 4.74 Å². The van der Waals surface area contributed by atoms with Crippen LogP contribution in [0.25, 0.3) is 10.6 Å². The van der Waals surface area contributed by atoms with Crippen LogP contribution in [0.2, 0.25) is 0 Å². The predicted octanol–water partition coefficient (Wildman–Crippen LogP) is 2.62. The van der Waals surface area contributed by atoms with E-state index in [1.54, 1.807) is 24.6 Å². The Hall–Kier alpha value is -1.35. The van der Waals surface area contributed by atoms with Gasteiger partial charge in [-0.05, 0) is 6.07 Å². The highest BCUT2D eigenvalue weighted by Crippen LogP contribution is 2.29. The van der Waals surface area contributed by atoms with Gasteiger partial charge in [-0.1, -0.05) is 12.1 Å². The van der Waals surface area contributed by atoms with Gasteiger partial charge >= 0.3 is 0 Å². The van der Waals surface area contributed by atoms with Crippen LogP contribution in [-0.4, -0.2) is 12.1 Å². The molecule has 13 heavy (non-hydrogen) atoms. The zero-order valence-corrected chi connectivity index (χ0v) is 7.97. The molecule has 0 aliphatic carbocycles. The van der Waals surface area contributed by atoms with E-state index >= 15 is 0 Å². The molecule has 2 rings (SSSR count). The Morgan fingerprint density at radius 1 is 1.54 bits per heavy atom. The van der Waals surface area contributed by atoms with Gasteiger partial charge in [0.25, 0.3) is 0 Å². The summed E-state index contributed by atoms with van der Waals surface area (Å²) in [6, 6.07) is 8.76. The molecule has 0 bridgehead atoms. The summed E-state index contributed by atoms with van der Waals surface area (Å²) in [6.45, 7) is 0. The SMILES string of the molecule is COc1[c]cccc1-c1nccs1. The molecule has 0 unspecified atom stereocenters. The van der Waals surface area contributed by atoms with Crippen molar-refractivity contribution in [1.29, 1.82) is 0 Å². The van der Waals surface area contributed by atoms with Gasteiger partial charge in [-0.25, -0.2) is 4.98 Å². The molecule has 2 aromatic rings. The number of rotatable bonds is 2. The molecular weight excluding hydrogens is 182 g/mol. The van der Waals surface area contributed by atoms with Gasteiger partial charge in [0.1, 0.15) is 10.8 Å². The molecule has 3 heteroatoms. The molecule has 0 aliphatic rings. The smallest absolute Gasteiger partial charge is 0.137 e. The Kier molecular flexibility index (Phi) is 2.27. The van der Waals surface area contributed by atoms with Crippen molar-refractivity contribution in [2.45, 2.75) is 0 Å². The van der Waals surface area contributed by atoms with E-state index in [-0.39, 0.29) is 0 Å². The van der Waals surface area contributed by atoms with Crippen molar-refractivity contribution in [3.8, 4) is 16.3 Å². The second-order valence-corrected chi connectivity index (χ2v) is 3.35. The molecule has 0 saturated carbocycles. The number of nitrogens with zero attached hydrogens (tertiary/aromatic N) is 1. The molecule has 0 amide bonds. The number of hydrogen-bond donors (Lipinski definition) is 0. The zero-order valence-electron chi connectivity index (χ0n) is 7.15. The van der Waals surface area contributed by atoms with Crippen LogP contribution >= 0.6 is 11.3 Å². The third kappa shape index (κ3) is 1.55. The first-order valence-corrected chi connectivity index (χ1v) is 4.74. The first-order valence-electron chi connectivity index (χ1n) is 3.86. The Labute approximate surface area is 80.8 Å². The lowest BCUT2D eigenvalue weighted by atomic mass is 10.2. The Morgan fingerprint density at radius 3 is 3.15 bits per heavy atom. The summed E-state index contributed by atoms with van der Waals surface area (Å²) in [7, 11) is 1.64. The highest BCUT2D eigenvalue weighted by Gasteiger charge is 2.05. The molecule has 0 N–H and O–H groups in total. The second-order valence-electron chi connectivity index (χ2n) is 2.45. The maximum absolute atomic E-state index is 5.18. The third-order valence-corrected chi connectivity index (χ3v) is 2.49. The average molecular weight is 190 g/mol. The molecule has 0 spiro atoms. The first-order chi connectivity index (χ1) is 6.42. The number of methoxy groups -OCH3 is 1. The van der Waals surface area contributed by atoms with Crippen molar-refractivity contribution >= 4 is 11.3 Å². The van der Waals surface area contributed by atoms with Crippen LogP contribution in [0.1, 0.15) is 0 Å². The van der Waals surface area contributed by atoms with Crippen molar-refractivity contribution in [3.63, 3.8) is 0 Å². The molecule has 1 aromatic carbocycles. The van der Waals surface area contributed by atoms with E-state index in [0.717, 1.165) is 16.3 Å². The topological polar surface area (TPSA) is 22.1 Å². The molecule has 1 aromatic heterocycles. The van der Waals surface area contributed by atoms with E-state index in [4.69, 9.17) is 4.74 Å². The van der Waals surface area contributed by atoms with Crippen LogP contribution in [0.4, 0.5) is 0 Å². The van der Waals surface area contributed by atoms with E-state index < -0.39 is 0 Å². The standard InChI is InChI=1S/C10H8NOS/c1-12-9-5-3-2-4-8(9)10-11-6-7-13-10/h2-4,6-7H,1H3. The van der Waals surface area contributed by atoms with Gasteiger partial charge in [-0.15, -0.1) is 11.3 Å². The van der Waals surface area contributed by atoms with Crippen molar-refractivity contribution in [2.24, 2.45) is 0 Å². The van der Waals surface area contributed by atoms with Gasteiger partial charge in [-0.2, -0.15) is 0 Å². The largest absolute Gasteiger partial charge is 0.495 e. The fourth-order valence-corrected chi connectivity index (χ4v) is 1.78. The summed E-state index contributed by atoms with van der Waals surface area (Å²) in [4.78, 5) is 4.21. The summed E-state index contributed by atoms with van der Waals surface area (Å²) in [6.07, 6.45) is 1.78. The van der Waals surface area contributed by atoms with E-state index in [0.29, 0.717) is 0 Å². The molecule has 1 radical (unpaired) electrons. The van der Waals surface area contributed by atoms with Gasteiger partial charge in [0.15, 0.2) is 0 Å². The van der Waals surface area contributed by atoms with Crippen molar-refractivity contribution < 1.29 is 4.74 Å². The fraction of sp³-hybridized carbons (Fsp3) is 0.100. The fourth-order valence-electron chi connectivity index (χ4n) is 1.12. The lowest BCUT2D eigenvalue weighted by Gasteiger charge is -2.03. The normalized spacial score (nSPS) is 9.92. The van der Waals surface area contributed by atoms with E-state index in [2.05, 4.69) is 11.1 Å². The number of aromatic nitrogens is 1. The van der Waals surface area contributed by atoms with E-state index in [1.807, 2.05) is 23.6 Å². The quantitative estimate of drug-likeness (QED) is 0.726. The van der Waals surface area contributed by atoms with Crippen LogP contribution in [0, 0.1) is 6.07 Å². The maximum atomic E-state index is 5.18. The lowest BCUT2D eigenvalue weighted by molar-refractivity contribution is 0.415. The molecule has 0 saturated heterocycles. The number of hydrogen-bond acceptors (Lipinski definition) is 3. The highest BCUT2D eigenvalue weighted by atomic mass is 32.1. The zero-order chi connectivity index (χ0) is 9.10. The van der Waals surface area contributed by atoms with Gasteiger partial charge in [-0.3, -0.25) is 0 Å². The maximum Gasteiger partial charge on any atom is 0.137 e. The molecule has 0 aliphatic heterocycles. The van der Waals surface area contributed by atoms with E-state index in [1.165, 1.54) is 0 Å². The molecule has 2 nitrogen and oxygen atoms in total. The van der Waals surface area contributed by atoms with Crippen molar-refractivity contribution in [3.05, 3.63) is 35.8 Å². The molecule has 65 valence electrons. The summed E-state index contributed by atoms with van der Waals surface area (Å²) in [5.41, 5.74) is 1.00. The summed E-state index contributed by atoms with van der Waals surface area (Å²) in [5.74, 6) is 0.748. The van der Waals surface area contributed by atoms with Crippen LogP contribution in [0.3, 0.4) is 0 Å². The number of para-hydroxylation sites is 1. The minimum Gasteiger partial charge on any atom is -0.495 e. The average Bonchev–Trinajstić information content (AvgIpc) is 2.70. The van der Waals surface area contributed by atoms with Crippen molar-refractivity contribution in [2.75, 3.05) is 7.11 Å². The summed E-state index contributed by atoms with van der Waals surface area (Å²) >= 11 is 1.59. The molecular formula is C10H8NOS.